The zero-order valence-electron chi connectivity index (χ0n) is 20.3. The van der Waals surface area contributed by atoms with Gasteiger partial charge in [-0.1, -0.05) is 43.6 Å². The zero-order chi connectivity index (χ0) is 27.2. The maximum absolute atomic E-state index is 13.2. The van der Waals surface area contributed by atoms with Gasteiger partial charge in [0.2, 0.25) is 15.9 Å². The minimum absolute atomic E-state index is 0.00130. The first-order chi connectivity index (χ1) is 17.5. The minimum Gasteiger partial charge on any atom is -0.391 e. The third kappa shape index (κ3) is 8.21. The Morgan fingerprint density at radius 1 is 1.14 bits per heavy atom. The molecule has 3 rings (SSSR count). The number of hydrogen-bond acceptors (Lipinski definition) is 6. The number of rotatable bonds is 12. The van der Waals surface area contributed by atoms with Crippen LogP contribution in [0.15, 0.2) is 53.4 Å². The Morgan fingerprint density at radius 3 is 2.54 bits per heavy atom. The normalized spacial score (nSPS) is 13.5. The van der Waals surface area contributed by atoms with Crippen molar-refractivity contribution in [2.75, 3.05) is 13.1 Å². The van der Waals surface area contributed by atoms with Crippen LogP contribution in [-0.4, -0.2) is 50.6 Å². The van der Waals surface area contributed by atoms with Gasteiger partial charge < -0.3 is 15.7 Å². The SMILES string of the molecule is CC(C)C[C@H](NC(=O)c1cc2ccccc2s1)C(=O)NC[C@@H](O)CCNS(=O)(=O)c1ccc(F)cc1Cl. The predicted molar refractivity (Wildman–Crippen MR) is 143 cm³/mol. The third-order valence-corrected chi connectivity index (χ3v) is 8.50. The standard InChI is InChI=1S/C25H29ClFN3O5S2/c1-15(2)11-20(30-25(33)22-12-16-5-3-4-6-21(16)36-22)24(32)28-14-18(31)9-10-29-37(34,35)23-8-7-17(27)13-19(23)26/h3-8,12-13,15,18,20,29,31H,9-11,14H2,1-2H3,(H,28,32)(H,30,33)/t18-,20-/m0/s1. The van der Waals surface area contributed by atoms with Gasteiger partial charge in [0, 0.05) is 17.8 Å². The number of nitrogens with one attached hydrogen (secondary N) is 3. The molecule has 0 aliphatic carbocycles. The summed E-state index contributed by atoms with van der Waals surface area (Å²) >= 11 is 7.16. The van der Waals surface area contributed by atoms with E-state index >= 15 is 0 Å². The van der Waals surface area contributed by atoms with E-state index in [1.54, 1.807) is 6.07 Å². The van der Waals surface area contributed by atoms with E-state index in [2.05, 4.69) is 15.4 Å². The maximum atomic E-state index is 13.2. The zero-order valence-corrected chi connectivity index (χ0v) is 22.7. The molecule has 0 aliphatic heterocycles. The quantitative estimate of drug-likeness (QED) is 0.265. The van der Waals surface area contributed by atoms with E-state index in [1.165, 1.54) is 11.3 Å². The molecule has 1 aromatic heterocycles. The number of benzene rings is 2. The first-order valence-electron chi connectivity index (χ1n) is 11.7. The molecule has 0 unspecified atom stereocenters. The van der Waals surface area contributed by atoms with Crippen molar-refractivity contribution in [1.82, 2.24) is 15.4 Å². The lowest BCUT2D eigenvalue weighted by molar-refractivity contribution is -0.123. The summed E-state index contributed by atoms with van der Waals surface area (Å²) < 4.78 is 41.2. The van der Waals surface area contributed by atoms with Crippen molar-refractivity contribution in [2.24, 2.45) is 5.92 Å². The van der Waals surface area contributed by atoms with Gasteiger partial charge in [-0.05, 0) is 54.5 Å². The van der Waals surface area contributed by atoms with Gasteiger partial charge in [0.15, 0.2) is 0 Å². The van der Waals surface area contributed by atoms with Crippen molar-refractivity contribution in [3.63, 3.8) is 0 Å². The lowest BCUT2D eigenvalue weighted by Gasteiger charge is -2.21. The highest BCUT2D eigenvalue weighted by molar-refractivity contribution is 7.89. The predicted octanol–water partition coefficient (Wildman–Crippen LogP) is 3.68. The summed E-state index contributed by atoms with van der Waals surface area (Å²) in [6, 6.07) is 11.5. The molecule has 1 heterocycles. The molecule has 2 aromatic carbocycles. The Morgan fingerprint density at radius 2 is 1.86 bits per heavy atom. The van der Waals surface area contributed by atoms with Gasteiger partial charge in [-0.25, -0.2) is 17.5 Å². The average molecular weight is 570 g/mol. The first-order valence-corrected chi connectivity index (χ1v) is 14.3. The summed E-state index contributed by atoms with van der Waals surface area (Å²) in [5, 5.41) is 16.4. The molecule has 0 radical (unpaired) electrons. The van der Waals surface area contributed by atoms with Crippen LogP contribution in [0.25, 0.3) is 10.1 Å². The fourth-order valence-electron chi connectivity index (χ4n) is 3.60. The van der Waals surface area contributed by atoms with Gasteiger partial charge in [-0.3, -0.25) is 9.59 Å². The van der Waals surface area contributed by atoms with Crippen LogP contribution in [0, 0.1) is 11.7 Å². The van der Waals surface area contributed by atoms with Gasteiger partial charge in [0.05, 0.1) is 16.0 Å². The Bertz CT molecular complexity index is 1330. The average Bonchev–Trinajstić information content (AvgIpc) is 3.26. The molecule has 37 heavy (non-hydrogen) atoms. The lowest BCUT2D eigenvalue weighted by atomic mass is 10.0. The largest absolute Gasteiger partial charge is 0.391 e. The van der Waals surface area contributed by atoms with Gasteiger partial charge in [0.1, 0.15) is 16.8 Å². The number of amides is 2. The summed E-state index contributed by atoms with van der Waals surface area (Å²) in [6.45, 7) is 3.59. The minimum atomic E-state index is -4.00. The third-order valence-electron chi connectivity index (χ3n) is 5.44. The molecule has 200 valence electrons. The van der Waals surface area contributed by atoms with E-state index in [9.17, 15) is 27.5 Å². The molecule has 0 spiro atoms. The van der Waals surface area contributed by atoms with Crippen LogP contribution in [-0.2, 0) is 14.8 Å². The fourth-order valence-corrected chi connectivity index (χ4v) is 6.14. The summed E-state index contributed by atoms with van der Waals surface area (Å²) in [5.41, 5.74) is 0. The smallest absolute Gasteiger partial charge is 0.262 e. The number of fused-ring (bicyclic) bond motifs is 1. The van der Waals surface area contributed by atoms with E-state index in [0.29, 0.717) is 11.3 Å². The van der Waals surface area contributed by atoms with Gasteiger partial charge in [-0.2, -0.15) is 0 Å². The van der Waals surface area contributed by atoms with Crippen molar-refractivity contribution >= 4 is 54.9 Å². The Labute approximate surface area is 224 Å². The second-order valence-corrected chi connectivity index (χ2v) is 12.2. The first kappa shape index (κ1) is 29.0. The number of aliphatic hydroxyl groups is 1. The van der Waals surface area contributed by atoms with Gasteiger partial charge in [-0.15, -0.1) is 11.3 Å². The number of sulfonamides is 1. The summed E-state index contributed by atoms with van der Waals surface area (Å²) in [5.74, 6) is -1.33. The molecular weight excluding hydrogens is 541 g/mol. The molecule has 3 aromatic rings. The molecule has 0 saturated heterocycles. The number of hydrogen-bond donors (Lipinski definition) is 4. The molecular formula is C25H29ClFN3O5S2. The number of carbonyl (C=O) groups excluding carboxylic acids is 2. The molecule has 0 bridgehead atoms. The molecule has 12 heteroatoms. The molecule has 4 N–H and O–H groups in total. The van der Waals surface area contributed by atoms with E-state index in [1.807, 2.05) is 38.1 Å². The molecule has 2 amide bonds. The van der Waals surface area contributed by atoms with Crippen molar-refractivity contribution < 1.29 is 27.5 Å². The Balaban J connectivity index is 1.51. The number of halogens is 2. The monoisotopic (exact) mass is 569 g/mol. The van der Waals surface area contributed by atoms with E-state index in [4.69, 9.17) is 11.6 Å². The van der Waals surface area contributed by atoms with Gasteiger partial charge >= 0.3 is 0 Å². The van der Waals surface area contributed by atoms with Crippen LogP contribution in [0.3, 0.4) is 0 Å². The number of thiophene rings is 1. The van der Waals surface area contributed by atoms with E-state index in [0.717, 1.165) is 28.3 Å². The number of carbonyl (C=O) groups is 2. The van der Waals surface area contributed by atoms with Crippen LogP contribution >= 0.6 is 22.9 Å². The highest BCUT2D eigenvalue weighted by Gasteiger charge is 2.24. The topological polar surface area (TPSA) is 125 Å². The molecule has 0 fully saturated rings. The Kier molecular flexibility index (Phi) is 10.0. The van der Waals surface area contributed by atoms with Crippen LogP contribution in [0.2, 0.25) is 5.02 Å². The van der Waals surface area contributed by atoms with E-state index < -0.39 is 33.9 Å². The Hall–Kier alpha value is -2.57. The van der Waals surface area contributed by atoms with Crippen LogP contribution in [0.5, 0.6) is 0 Å². The van der Waals surface area contributed by atoms with E-state index in [-0.39, 0.29) is 41.3 Å². The maximum Gasteiger partial charge on any atom is 0.262 e. The molecule has 0 saturated carbocycles. The lowest BCUT2D eigenvalue weighted by Crippen LogP contribution is -2.49. The van der Waals surface area contributed by atoms with Crippen LogP contribution in [0.1, 0.15) is 36.4 Å². The highest BCUT2D eigenvalue weighted by Crippen LogP contribution is 2.25. The second kappa shape index (κ2) is 12.8. The molecule has 8 nitrogen and oxygen atoms in total. The summed E-state index contributed by atoms with van der Waals surface area (Å²) in [7, 11) is -4.00. The summed E-state index contributed by atoms with van der Waals surface area (Å²) in [4.78, 5) is 25.9. The van der Waals surface area contributed by atoms with Crippen molar-refractivity contribution in [2.45, 2.75) is 43.7 Å². The van der Waals surface area contributed by atoms with Crippen LogP contribution < -0.4 is 15.4 Å². The van der Waals surface area contributed by atoms with Crippen molar-refractivity contribution in [3.05, 3.63) is 64.2 Å². The molecule has 0 aliphatic rings. The van der Waals surface area contributed by atoms with Gasteiger partial charge in [0.25, 0.3) is 5.91 Å². The van der Waals surface area contributed by atoms with Crippen molar-refractivity contribution in [1.29, 1.82) is 0 Å². The van der Waals surface area contributed by atoms with Crippen LogP contribution in [0.4, 0.5) is 4.39 Å². The second-order valence-electron chi connectivity index (χ2n) is 8.96. The van der Waals surface area contributed by atoms with Crippen molar-refractivity contribution in [3.8, 4) is 0 Å². The summed E-state index contributed by atoms with van der Waals surface area (Å²) in [6.07, 6.45) is -0.647. The highest BCUT2D eigenvalue weighted by atomic mass is 35.5. The molecule has 2 atom stereocenters. The number of aliphatic hydroxyl groups excluding tert-OH is 1. The fraction of sp³-hybridized carbons (Fsp3) is 0.360.